The predicted octanol–water partition coefficient (Wildman–Crippen LogP) is 2.71. The average molecular weight is 332 g/mol. The molecule has 2 heterocycles. The lowest BCUT2D eigenvalue weighted by molar-refractivity contribution is -0.133. The number of hydrogen-bond donors (Lipinski definition) is 1. The van der Waals surface area contributed by atoms with Gasteiger partial charge in [-0.25, -0.2) is 4.79 Å². The molecule has 0 saturated carbocycles. The van der Waals surface area contributed by atoms with Crippen molar-refractivity contribution in [3.63, 3.8) is 0 Å². The zero-order valence-electron chi connectivity index (χ0n) is 14.6. The quantitative estimate of drug-likeness (QED) is 0.845. The third-order valence-corrected chi connectivity index (χ3v) is 4.17. The van der Waals surface area contributed by atoms with E-state index in [2.05, 4.69) is 5.32 Å². The second kappa shape index (κ2) is 6.09. The van der Waals surface area contributed by atoms with Gasteiger partial charge in [0, 0.05) is 18.8 Å². The van der Waals surface area contributed by atoms with E-state index in [0.29, 0.717) is 19.5 Å². The average Bonchev–Trinajstić information content (AvgIpc) is 3.21. The molecule has 24 heavy (non-hydrogen) atoms. The first kappa shape index (κ1) is 16.8. The number of nitrogens with one attached hydrogen (secondary N) is 1. The second-order valence-electron chi connectivity index (χ2n) is 7.34. The van der Waals surface area contributed by atoms with Crippen LogP contribution >= 0.6 is 0 Å². The summed E-state index contributed by atoms with van der Waals surface area (Å²) < 4.78 is 10.6. The number of benzene rings is 1. The first-order valence-electron chi connectivity index (χ1n) is 8.29. The van der Waals surface area contributed by atoms with Crippen LogP contribution in [0.1, 0.15) is 38.8 Å². The number of carbonyl (C=O) groups is 2. The van der Waals surface area contributed by atoms with Crippen molar-refractivity contribution < 1.29 is 19.1 Å². The van der Waals surface area contributed by atoms with E-state index in [1.165, 1.54) is 0 Å². The Kier molecular flexibility index (Phi) is 4.25. The van der Waals surface area contributed by atoms with E-state index in [-0.39, 0.29) is 18.1 Å². The lowest BCUT2D eigenvalue weighted by Gasteiger charge is -2.30. The van der Waals surface area contributed by atoms with Gasteiger partial charge in [0.1, 0.15) is 5.60 Å². The second-order valence-corrected chi connectivity index (χ2v) is 7.34. The maximum Gasteiger partial charge on any atom is 0.412 e. The van der Waals surface area contributed by atoms with E-state index in [1.807, 2.05) is 50.8 Å². The molecule has 0 aromatic heterocycles. The Balaban J connectivity index is 1.70. The molecule has 0 radical (unpaired) electrons. The highest BCUT2D eigenvalue weighted by Gasteiger charge is 2.44. The molecule has 0 spiro atoms. The standard InChI is InChI=1S/C18H24N2O4/c1-11-15(23-11)16(21)20-9-8-13-12(10-20)6-5-7-14(13)19-17(22)24-18(2,3)4/h5-7,11,15H,8-10H2,1-4H3,(H,19,22)/t11-,15+/m0/s1. The van der Waals surface area contributed by atoms with Gasteiger partial charge in [0.25, 0.3) is 5.91 Å². The summed E-state index contributed by atoms with van der Waals surface area (Å²) in [5, 5.41) is 2.82. The van der Waals surface area contributed by atoms with Crippen molar-refractivity contribution in [3.8, 4) is 0 Å². The van der Waals surface area contributed by atoms with Crippen molar-refractivity contribution in [2.75, 3.05) is 11.9 Å². The largest absolute Gasteiger partial charge is 0.444 e. The van der Waals surface area contributed by atoms with Gasteiger partial charge in [-0.2, -0.15) is 0 Å². The van der Waals surface area contributed by atoms with Gasteiger partial charge < -0.3 is 14.4 Å². The minimum atomic E-state index is -0.539. The van der Waals surface area contributed by atoms with E-state index >= 15 is 0 Å². The molecular weight excluding hydrogens is 308 g/mol. The number of fused-ring (bicyclic) bond motifs is 1. The number of amides is 2. The van der Waals surface area contributed by atoms with E-state index in [1.54, 1.807) is 0 Å². The minimum Gasteiger partial charge on any atom is -0.444 e. The number of ether oxygens (including phenoxy) is 2. The summed E-state index contributed by atoms with van der Waals surface area (Å²) in [5.74, 6) is 0.0543. The van der Waals surface area contributed by atoms with Crippen LogP contribution < -0.4 is 5.32 Å². The van der Waals surface area contributed by atoms with Crippen LogP contribution in [0, 0.1) is 0 Å². The lowest BCUT2D eigenvalue weighted by atomic mass is 9.97. The van der Waals surface area contributed by atoms with Gasteiger partial charge in [0.2, 0.25) is 0 Å². The van der Waals surface area contributed by atoms with Crippen LogP contribution in [-0.4, -0.2) is 41.3 Å². The minimum absolute atomic E-state index is 0.0269. The van der Waals surface area contributed by atoms with Gasteiger partial charge in [-0.3, -0.25) is 10.1 Å². The molecule has 1 aromatic carbocycles. The van der Waals surface area contributed by atoms with E-state index in [0.717, 1.165) is 16.8 Å². The van der Waals surface area contributed by atoms with Crippen LogP contribution in [0.2, 0.25) is 0 Å². The fourth-order valence-corrected chi connectivity index (χ4v) is 2.95. The smallest absolute Gasteiger partial charge is 0.412 e. The van der Waals surface area contributed by atoms with Crippen molar-refractivity contribution in [1.82, 2.24) is 4.90 Å². The molecule has 6 nitrogen and oxygen atoms in total. The summed E-state index contributed by atoms with van der Waals surface area (Å²) in [4.78, 5) is 26.1. The zero-order chi connectivity index (χ0) is 17.5. The highest BCUT2D eigenvalue weighted by molar-refractivity contribution is 5.87. The Labute approximate surface area is 142 Å². The van der Waals surface area contributed by atoms with Crippen LogP contribution in [0.4, 0.5) is 10.5 Å². The maximum absolute atomic E-state index is 12.3. The Hall–Kier alpha value is -2.08. The lowest BCUT2D eigenvalue weighted by Crippen LogP contribution is -2.39. The molecule has 6 heteroatoms. The first-order chi connectivity index (χ1) is 11.2. The highest BCUT2D eigenvalue weighted by atomic mass is 16.6. The third-order valence-electron chi connectivity index (χ3n) is 4.17. The van der Waals surface area contributed by atoms with Crippen molar-refractivity contribution in [1.29, 1.82) is 0 Å². The number of carbonyl (C=O) groups excluding carboxylic acids is 2. The molecular formula is C18H24N2O4. The molecule has 0 bridgehead atoms. The summed E-state index contributed by atoms with van der Waals surface area (Å²) >= 11 is 0. The highest BCUT2D eigenvalue weighted by Crippen LogP contribution is 2.30. The molecule has 1 fully saturated rings. The Bertz CT molecular complexity index is 665. The van der Waals surface area contributed by atoms with Gasteiger partial charge in [0.15, 0.2) is 6.10 Å². The number of hydrogen-bond acceptors (Lipinski definition) is 4. The van der Waals surface area contributed by atoms with Crippen molar-refractivity contribution in [2.24, 2.45) is 0 Å². The normalized spacial score (nSPS) is 22.6. The third kappa shape index (κ3) is 3.70. The Morgan fingerprint density at radius 3 is 2.67 bits per heavy atom. The summed E-state index contributed by atoms with van der Waals surface area (Å²) in [5.41, 5.74) is 2.34. The van der Waals surface area contributed by atoms with Crippen LogP contribution in [0.15, 0.2) is 18.2 Å². The molecule has 130 valence electrons. The van der Waals surface area contributed by atoms with Crippen molar-refractivity contribution in [3.05, 3.63) is 29.3 Å². The first-order valence-corrected chi connectivity index (χ1v) is 8.29. The summed E-state index contributed by atoms with van der Waals surface area (Å²) in [6.07, 6.45) is -0.0166. The molecule has 3 rings (SSSR count). The van der Waals surface area contributed by atoms with Gasteiger partial charge >= 0.3 is 6.09 Å². The molecule has 2 aliphatic heterocycles. The fourth-order valence-electron chi connectivity index (χ4n) is 2.95. The van der Waals surface area contributed by atoms with E-state index < -0.39 is 11.7 Å². The SMILES string of the molecule is C[C@@H]1O[C@H]1C(=O)N1CCc2c(cccc2NC(=O)OC(C)(C)C)C1. The molecule has 1 aromatic rings. The van der Waals surface area contributed by atoms with Crippen LogP contribution in [0.5, 0.6) is 0 Å². The molecule has 2 amide bonds. The maximum atomic E-state index is 12.3. The van der Waals surface area contributed by atoms with Gasteiger partial charge in [0.05, 0.1) is 6.10 Å². The Morgan fingerprint density at radius 1 is 1.33 bits per heavy atom. The zero-order valence-corrected chi connectivity index (χ0v) is 14.6. The van der Waals surface area contributed by atoms with Gasteiger partial charge in [-0.05, 0) is 51.3 Å². The number of nitrogens with zero attached hydrogens (tertiary/aromatic N) is 1. The number of rotatable bonds is 2. The molecule has 1 saturated heterocycles. The summed E-state index contributed by atoms with van der Waals surface area (Å²) in [7, 11) is 0. The number of anilines is 1. The summed E-state index contributed by atoms with van der Waals surface area (Å²) in [6, 6.07) is 5.74. The Morgan fingerprint density at radius 2 is 2.04 bits per heavy atom. The topological polar surface area (TPSA) is 71.2 Å². The van der Waals surface area contributed by atoms with Crippen LogP contribution in [0.25, 0.3) is 0 Å². The summed E-state index contributed by atoms with van der Waals surface area (Å²) in [6.45, 7) is 8.58. The van der Waals surface area contributed by atoms with Gasteiger partial charge in [-0.1, -0.05) is 12.1 Å². The molecule has 1 N–H and O–H groups in total. The monoisotopic (exact) mass is 332 g/mol. The fraction of sp³-hybridized carbons (Fsp3) is 0.556. The van der Waals surface area contributed by atoms with Crippen LogP contribution in [0.3, 0.4) is 0 Å². The van der Waals surface area contributed by atoms with E-state index in [9.17, 15) is 9.59 Å². The van der Waals surface area contributed by atoms with Crippen LogP contribution in [-0.2, 0) is 27.2 Å². The molecule has 2 atom stereocenters. The van der Waals surface area contributed by atoms with E-state index in [4.69, 9.17) is 9.47 Å². The van der Waals surface area contributed by atoms with Crippen molar-refractivity contribution in [2.45, 2.75) is 58.5 Å². The van der Waals surface area contributed by atoms with Gasteiger partial charge in [-0.15, -0.1) is 0 Å². The number of epoxide rings is 1. The van der Waals surface area contributed by atoms with Crippen molar-refractivity contribution >= 4 is 17.7 Å². The molecule has 2 aliphatic rings. The molecule has 0 aliphatic carbocycles. The predicted molar refractivity (Wildman–Crippen MR) is 89.8 cm³/mol. The molecule has 0 unspecified atom stereocenters.